The summed E-state index contributed by atoms with van der Waals surface area (Å²) in [6, 6.07) is 9.36. The highest BCUT2D eigenvalue weighted by Gasteiger charge is 2.15. The van der Waals surface area contributed by atoms with Gasteiger partial charge in [-0.3, -0.25) is 10.1 Å². The van der Waals surface area contributed by atoms with Gasteiger partial charge < -0.3 is 9.15 Å². The number of amides is 1. The van der Waals surface area contributed by atoms with E-state index in [4.69, 9.17) is 20.8 Å². The van der Waals surface area contributed by atoms with E-state index in [0.717, 1.165) is 17.3 Å². The van der Waals surface area contributed by atoms with E-state index in [0.29, 0.717) is 15.9 Å². The van der Waals surface area contributed by atoms with Gasteiger partial charge in [0.2, 0.25) is 16.0 Å². The maximum Gasteiger partial charge on any atom is 0.379 e. The normalized spacial score (nSPS) is 11.0. The molecule has 30 heavy (non-hydrogen) atoms. The van der Waals surface area contributed by atoms with Crippen molar-refractivity contribution < 1.29 is 18.7 Å². The van der Waals surface area contributed by atoms with Crippen molar-refractivity contribution in [1.29, 1.82) is 5.26 Å². The van der Waals surface area contributed by atoms with E-state index in [2.05, 4.69) is 14.7 Å². The zero-order valence-electron chi connectivity index (χ0n) is 15.4. The molecule has 11 heteroatoms. The van der Waals surface area contributed by atoms with Crippen molar-refractivity contribution in [2.45, 2.75) is 12.1 Å². The van der Waals surface area contributed by atoms with E-state index in [1.54, 1.807) is 12.1 Å². The highest BCUT2D eigenvalue weighted by molar-refractivity contribution is 7.99. The predicted octanol–water partition coefficient (Wildman–Crippen LogP) is 4.66. The summed E-state index contributed by atoms with van der Waals surface area (Å²) in [7, 11) is 0. The van der Waals surface area contributed by atoms with E-state index in [-0.39, 0.29) is 22.1 Å². The lowest BCUT2D eigenvalue weighted by molar-refractivity contribution is -0.112. The van der Waals surface area contributed by atoms with Gasteiger partial charge in [0.1, 0.15) is 17.4 Å². The number of aromatic nitrogens is 2. The Kier molecular flexibility index (Phi) is 7.24. The molecule has 0 saturated carbocycles. The molecule has 0 aliphatic heterocycles. The van der Waals surface area contributed by atoms with Gasteiger partial charge in [-0.15, -0.1) is 0 Å². The van der Waals surface area contributed by atoms with Gasteiger partial charge in [-0.1, -0.05) is 36.4 Å². The first-order valence-corrected chi connectivity index (χ1v) is 10.6. The van der Waals surface area contributed by atoms with Crippen LogP contribution in [0.3, 0.4) is 0 Å². The fourth-order valence-electron chi connectivity index (χ4n) is 2.16. The molecule has 3 aromatic rings. The van der Waals surface area contributed by atoms with E-state index in [1.807, 2.05) is 13.0 Å². The zero-order chi connectivity index (χ0) is 21.5. The third-order valence-corrected chi connectivity index (χ3v) is 5.23. The highest BCUT2D eigenvalue weighted by atomic mass is 35.5. The molecule has 3 rings (SSSR count). The van der Waals surface area contributed by atoms with Crippen LogP contribution in [0.5, 0.6) is 5.75 Å². The average molecular weight is 461 g/mol. The number of hydrogen-bond donors (Lipinski definition) is 1. The summed E-state index contributed by atoms with van der Waals surface area (Å²) in [5.41, 5.74) is 0.329. The molecule has 152 valence electrons. The number of halogens is 1. The van der Waals surface area contributed by atoms with Crippen LogP contribution < -0.4 is 10.1 Å². The predicted molar refractivity (Wildman–Crippen MR) is 114 cm³/mol. The van der Waals surface area contributed by atoms with Crippen molar-refractivity contribution in [2.75, 3.05) is 11.1 Å². The maximum absolute atomic E-state index is 12.4. The summed E-state index contributed by atoms with van der Waals surface area (Å²) >= 11 is 8.64. The van der Waals surface area contributed by atoms with Gasteiger partial charge in [0.05, 0.1) is 11.3 Å². The molecule has 0 saturated heterocycles. The molecule has 0 spiro atoms. The molecule has 0 bridgehead atoms. The quantitative estimate of drug-likeness (QED) is 0.178. The molecule has 0 radical (unpaired) electrons. The Labute approximate surface area is 184 Å². The van der Waals surface area contributed by atoms with E-state index < -0.39 is 11.9 Å². The lowest BCUT2D eigenvalue weighted by atomic mass is 10.1. The number of nitrogens with one attached hydrogen (secondary N) is 1. The number of ether oxygens (including phenoxy) is 1. The summed E-state index contributed by atoms with van der Waals surface area (Å²) in [6.45, 7) is 1.97. The van der Waals surface area contributed by atoms with Crippen LogP contribution in [0.2, 0.25) is 5.02 Å². The van der Waals surface area contributed by atoms with Crippen molar-refractivity contribution in [3.63, 3.8) is 0 Å². The van der Waals surface area contributed by atoms with Crippen molar-refractivity contribution in [3.8, 4) is 11.8 Å². The van der Waals surface area contributed by atoms with Gasteiger partial charge in [0.25, 0.3) is 5.91 Å². The molecular weight excluding hydrogens is 448 g/mol. The van der Waals surface area contributed by atoms with E-state index >= 15 is 0 Å². The summed E-state index contributed by atoms with van der Waals surface area (Å²) in [5.74, 6) is -0.351. The number of furan rings is 1. The van der Waals surface area contributed by atoms with Crippen LogP contribution >= 0.6 is 34.9 Å². The topological polar surface area (TPSA) is 118 Å². The molecule has 0 unspecified atom stereocenters. The van der Waals surface area contributed by atoms with E-state index in [9.17, 15) is 14.9 Å². The number of nitrogens with zero attached hydrogens (tertiary/aromatic N) is 3. The number of esters is 1. The van der Waals surface area contributed by atoms with Gasteiger partial charge in [-0.05, 0) is 41.7 Å². The van der Waals surface area contributed by atoms with Crippen LogP contribution in [-0.2, 0) is 4.79 Å². The van der Waals surface area contributed by atoms with Crippen LogP contribution in [0, 0.1) is 11.3 Å². The van der Waals surface area contributed by atoms with Crippen LogP contribution in [0.25, 0.3) is 6.08 Å². The second-order valence-electron chi connectivity index (χ2n) is 5.50. The second-order valence-corrected chi connectivity index (χ2v) is 7.89. The fourth-order valence-corrected chi connectivity index (χ4v) is 3.66. The number of anilines is 1. The lowest BCUT2D eigenvalue weighted by Crippen LogP contribution is -2.13. The Morgan fingerprint density at radius 3 is 2.93 bits per heavy atom. The summed E-state index contributed by atoms with van der Waals surface area (Å²) < 4.78 is 14.3. The molecule has 1 amide bonds. The molecule has 0 fully saturated rings. The number of carbonyl (C=O) groups excluding carboxylic acids is 2. The number of benzene rings is 1. The number of rotatable bonds is 7. The minimum Gasteiger partial charge on any atom is -0.457 e. The van der Waals surface area contributed by atoms with Gasteiger partial charge >= 0.3 is 5.97 Å². The Bertz CT molecular complexity index is 1140. The lowest BCUT2D eigenvalue weighted by Gasteiger charge is -2.06. The van der Waals surface area contributed by atoms with Gasteiger partial charge in [-0.25, -0.2) is 4.79 Å². The Morgan fingerprint density at radius 2 is 2.27 bits per heavy atom. The highest BCUT2D eigenvalue weighted by Crippen LogP contribution is 2.27. The van der Waals surface area contributed by atoms with Crippen molar-refractivity contribution in [1.82, 2.24) is 9.36 Å². The molecule has 1 aromatic carbocycles. The number of nitriles is 1. The zero-order valence-corrected chi connectivity index (χ0v) is 17.8. The molecule has 0 aliphatic rings. The van der Waals surface area contributed by atoms with Gasteiger partial charge in [0.15, 0.2) is 0 Å². The van der Waals surface area contributed by atoms with Crippen molar-refractivity contribution >= 4 is 58.0 Å². The molecular formula is C19H13ClN4O4S2. The summed E-state index contributed by atoms with van der Waals surface area (Å²) in [4.78, 5) is 28.5. The smallest absolute Gasteiger partial charge is 0.379 e. The van der Waals surface area contributed by atoms with Gasteiger partial charge in [-0.2, -0.15) is 14.6 Å². The first-order valence-electron chi connectivity index (χ1n) is 8.45. The van der Waals surface area contributed by atoms with Crippen LogP contribution in [0.1, 0.15) is 23.0 Å². The maximum atomic E-state index is 12.4. The first kappa shape index (κ1) is 21.6. The van der Waals surface area contributed by atoms with E-state index in [1.165, 1.54) is 42.3 Å². The summed E-state index contributed by atoms with van der Waals surface area (Å²) in [5, 5.41) is 12.9. The SMILES string of the molecule is CCSc1nsc(NC(=O)/C(C#N)=C\c2ccc(OC(=O)c3ccco3)c(Cl)c2)n1. The fraction of sp³-hybridized carbons (Fsp3) is 0.105. The molecule has 0 atom stereocenters. The Hall–Kier alpha value is -3.13. The third-order valence-electron chi connectivity index (χ3n) is 3.46. The van der Waals surface area contributed by atoms with Crippen molar-refractivity contribution in [3.05, 3.63) is 58.5 Å². The molecule has 2 heterocycles. The first-order chi connectivity index (χ1) is 14.5. The number of carbonyl (C=O) groups is 2. The van der Waals surface area contributed by atoms with Crippen LogP contribution in [-0.4, -0.2) is 27.0 Å². The number of hydrogen-bond acceptors (Lipinski definition) is 9. The molecule has 1 N–H and O–H groups in total. The Morgan fingerprint density at radius 1 is 1.43 bits per heavy atom. The average Bonchev–Trinajstić information content (AvgIpc) is 3.40. The molecule has 0 aliphatic carbocycles. The number of thioether (sulfide) groups is 1. The molecule has 8 nitrogen and oxygen atoms in total. The molecule has 2 aromatic heterocycles. The standard InChI is InChI=1S/C19H13ClN4O4S2/c1-2-29-19-23-18(30-24-19)22-16(25)12(10-21)8-11-5-6-14(13(20)9-11)28-17(26)15-4-3-7-27-15/h3-9H,2H2,1H3,(H,22,23,24,25)/b12-8-. The van der Waals surface area contributed by atoms with Crippen LogP contribution in [0.4, 0.5) is 5.13 Å². The summed E-state index contributed by atoms with van der Waals surface area (Å²) in [6.07, 6.45) is 2.72. The third kappa shape index (κ3) is 5.48. The minimum atomic E-state index is -0.694. The monoisotopic (exact) mass is 460 g/mol. The van der Waals surface area contributed by atoms with Crippen LogP contribution in [0.15, 0.2) is 51.7 Å². The minimum absolute atomic E-state index is 0.0376. The second kappa shape index (κ2) is 10.1. The van der Waals surface area contributed by atoms with Crippen molar-refractivity contribution in [2.24, 2.45) is 0 Å². The van der Waals surface area contributed by atoms with Gasteiger partial charge in [0, 0.05) is 11.5 Å². The Balaban J connectivity index is 1.71. The largest absolute Gasteiger partial charge is 0.457 e.